The molecule has 14 rings (SSSR count). The van der Waals surface area contributed by atoms with Gasteiger partial charge in [-0.05, 0) is 153 Å². The van der Waals surface area contributed by atoms with Gasteiger partial charge in [0.15, 0.2) is 34.7 Å². The van der Waals surface area contributed by atoms with Gasteiger partial charge in [-0.15, -0.1) is 0 Å². The average Bonchev–Trinajstić information content (AvgIpc) is 1.61. The molecule has 2 aromatic heterocycles. The number of hydrogen-bond donors (Lipinski definition) is 2. The number of nitrogens with zero attached hydrogens (tertiary/aromatic N) is 11. The lowest BCUT2D eigenvalue weighted by Crippen LogP contribution is -2.50. The van der Waals surface area contributed by atoms with Gasteiger partial charge in [0.05, 0.1) is 59.5 Å². The van der Waals surface area contributed by atoms with E-state index in [1.165, 1.54) is 35.4 Å². The molecule has 5 aliphatic rings. The van der Waals surface area contributed by atoms with Crippen LogP contribution in [0.5, 0.6) is 17.2 Å². The van der Waals surface area contributed by atoms with E-state index >= 15 is 8.78 Å². The summed E-state index contributed by atoms with van der Waals surface area (Å²) in [6.07, 6.45) is 2.85. The summed E-state index contributed by atoms with van der Waals surface area (Å²) in [7, 11) is 0. The van der Waals surface area contributed by atoms with Gasteiger partial charge in [0.1, 0.15) is 22.9 Å². The van der Waals surface area contributed by atoms with Crippen LogP contribution in [0.25, 0.3) is 22.5 Å². The molecule has 0 spiro atoms. The number of halogens is 3. The fourth-order valence-corrected chi connectivity index (χ4v) is 14.9. The van der Waals surface area contributed by atoms with Crippen LogP contribution in [0, 0.1) is 31.3 Å². The number of carbonyl (C=O) groups excluding carboxylic acids is 4. The van der Waals surface area contributed by atoms with Gasteiger partial charge in [-0.25, -0.2) is 37.5 Å². The quantitative estimate of drug-likeness (QED) is 0.0602. The van der Waals surface area contributed by atoms with Crippen LogP contribution >= 0.6 is 0 Å². The first-order chi connectivity index (χ1) is 55.8. The summed E-state index contributed by atoms with van der Waals surface area (Å²) < 4.78 is 76.3. The van der Waals surface area contributed by atoms with E-state index in [9.17, 15) is 28.4 Å². The van der Waals surface area contributed by atoms with Gasteiger partial charge in [-0.2, -0.15) is 0 Å². The lowest BCUT2D eigenvalue weighted by Gasteiger charge is -2.35. The van der Waals surface area contributed by atoms with Gasteiger partial charge in [-0.1, -0.05) is 97.1 Å². The number of piperazine rings is 3. The Morgan fingerprint density at radius 1 is 0.431 bits per heavy atom. The zero-order valence-electron chi connectivity index (χ0n) is 67.8. The van der Waals surface area contributed by atoms with Crippen molar-refractivity contribution >= 4 is 41.3 Å². The zero-order valence-corrected chi connectivity index (χ0v) is 67.8. The Labute approximate surface area is 677 Å². The second-order valence-electron chi connectivity index (χ2n) is 31.6. The summed E-state index contributed by atoms with van der Waals surface area (Å²) in [6, 6.07) is 49.0. The third-order valence-electron chi connectivity index (χ3n) is 20.8. The predicted molar refractivity (Wildman–Crippen MR) is 441 cm³/mol. The highest BCUT2D eigenvalue weighted by molar-refractivity contribution is 6.09. The molecule has 614 valence electrons. The molecular weight excluding hydrogens is 1480 g/mol. The van der Waals surface area contributed by atoms with Crippen LogP contribution in [0.2, 0.25) is 0 Å². The van der Waals surface area contributed by atoms with E-state index in [4.69, 9.17) is 38.8 Å². The number of aromatic nitrogens is 4. The molecule has 7 heterocycles. The van der Waals surface area contributed by atoms with Crippen molar-refractivity contribution in [2.24, 2.45) is 0 Å². The smallest absolute Gasteiger partial charge is 0.410 e. The standard InChI is InChI=1S/C38H44FN5O4.C33H36FN5O2.C19H27FN2O5/c1-27-40-32-17-19-43(33-14-9-8-13-30(33)35(32)44(27)26-28-11-6-5-7-12-28)36(45)29-15-16-34(31(39)25-29)47-24-10-18-41-20-22-42(23-21-41)37(46)48-38(2,3)4;1-24-36-29-14-18-38(30-11-6-5-10-27(30)32(29)39(24)23-25-8-3-2-4-9-25)33(40)26-12-13-31(28(34)22-26)41-21-7-17-37-19-15-35-16-20-37;1-19(2,3)27-18(25)22-10-8-21(9-11-22)7-4-12-26-16-6-5-14(17(23)24)13-15(16)20/h5-9,11-16,25H,10,17-24,26H2,1-4H3;2-6,8-13,22,35H,7,14-21,23H2,1H3;5-6,13H,4,7-12H2,1-3H3,(H,23,24). The van der Waals surface area contributed by atoms with Crippen molar-refractivity contribution in [3.8, 4) is 39.8 Å². The van der Waals surface area contributed by atoms with E-state index in [1.807, 2.05) is 140 Å². The fraction of sp³-hybridized carbons (Fsp3) is 0.411. The average molecular weight is 1590 g/mol. The molecule has 3 saturated heterocycles. The maximum atomic E-state index is 15.3. The van der Waals surface area contributed by atoms with Gasteiger partial charge >= 0.3 is 18.2 Å². The maximum absolute atomic E-state index is 15.3. The molecule has 0 bridgehead atoms. The Kier molecular flexibility index (Phi) is 28.4. The molecule has 5 aliphatic heterocycles. The van der Waals surface area contributed by atoms with E-state index in [-0.39, 0.29) is 52.4 Å². The number of amides is 4. The molecule has 2 N–H and O–H groups in total. The van der Waals surface area contributed by atoms with Crippen molar-refractivity contribution in [3.05, 3.63) is 232 Å². The Bertz CT molecular complexity index is 4850. The second kappa shape index (κ2) is 39.1. The normalized spacial score (nSPS) is 15.2. The number of aromatic carboxylic acids is 1. The number of carboxylic acid groups (broad SMARTS) is 1. The molecule has 0 radical (unpaired) electrons. The lowest BCUT2D eigenvalue weighted by molar-refractivity contribution is 0.0133. The van der Waals surface area contributed by atoms with Gasteiger partial charge in [0, 0.05) is 159 Å². The summed E-state index contributed by atoms with van der Waals surface area (Å²) in [4.78, 5) is 86.5. The van der Waals surface area contributed by atoms with Crippen LogP contribution in [-0.2, 0) is 35.4 Å². The molecule has 0 saturated carbocycles. The number of anilines is 2. The maximum Gasteiger partial charge on any atom is 0.410 e. The van der Waals surface area contributed by atoms with Crippen molar-refractivity contribution in [1.29, 1.82) is 0 Å². The minimum absolute atomic E-state index is 0.0507. The number of aryl methyl sites for hydroxylation is 2. The number of imidazole rings is 2. The molecule has 0 aliphatic carbocycles. The Morgan fingerprint density at radius 2 is 0.776 bits per heavy atom. The number of para-hydroxylation sites is 2. The molecule has 26 heteroatoms. The molecular formula is C90H107F3N12O11. The largest absolute Gasteiger partial charge is 0.490 e. The number of carbonyl (C=O) groups is 5. The third kappa shape index (κ3) is 22.3. The molecule has 4 amide bonds. The number of hydrogen-bond acceptors (Lipinski definition) is 16. The highest BCUT2D eigenvalue weighted by Crippen LogP contribution is 2.41. The highest BCUT2D eigenvalue weighted by Gasteiger charge is 2.34. The number of ether oxygens (including phenoxy) is 5. The Hall–Kier alpha value is -11.1. The van der Waals surface area contributed by atoms with Crippen LogP contribution in [-0.4, -0.2) is 221 Å². The van der Waals surface area contributed by atoms with Crippen LogP contribution in [0.15, 0.2) is 164 Å². The molecule has 9 aromatic rings. The van der Waals surface area contributed by atoms with Crippen molar-refractivity contribution in [3.63, 3.8) is 0 Å². The molecule has 0 atom stereocenters. The first-order valence-electron chi connectivity index (χ1n) is 40.2. The minimum Gasteiger partial charge on any atom is -0.490 e. The first-order valence-corrected chi connectivity index (χ1v) is 40.2. The summed E-state index contributed by atoms with van der Waals surface area (Å²) >= 11 is 0. The minimum atomic E-state index is -1.18. The van der Waals surface area contributed by atoms with E-state index in [0.717, 1.165) is 141 Å². The van der Waals surface area contributed by atoms with Crippen molar-refractivity contribution in [2.45, 2.75) is 112 Å². The third-order valence-corrected chi connectivity index (χ3v) is 20.8. The fourth-order valence-electron chi connectivity index (χ4n) is 14.9. The Balaban J connectivity index is 0.000000167. The summed E-state index contributed by atoms with van der Waals surface area (Å²) in [5.41, 5.74) is 9.25. The highest BCUT2D eigenvalue weighted by atomic mass is 19.1. The summed E-state index contributed by atoms with van der Waals surface area (Å²) in [5.74, 6) is -1.22. The van der Waals surface area contributed by atoms with Crippen molar-refractivity contribution in [1.82, 2.24) is 48.9 Å². The monoisotopic (exact) mass is 1590 g/mol. The predicted octanol–water partition coefficient (Wildman–Crippen LogP) is 14.3. The SMILES string of the molecule is CC(C)(C)OC(=O)N1CCN(CCCOc2ccc(C(=O)O)cc2F)CC1.Cc1nc2c(n1Cc1ccccc1)-c1ccccc1N(C(=O)c1ccc(OCCCN3CCN(C(=O)OC(C)(C)C)CC3)c(F)c1)CC2.Cc1nc2c(n1Cc1ccccc1)-c1ccccc1N(C(=O)c1ccc(OCCCN3CCNCC3)c(F)c1)CC2. The zero-order chi connectivity index (χ0) is 82.0. The summed E-state index contributed by atoms with van der Waals surface area (Å²) in [6.45, 7) is 30.5. The van der Waals surface area contributed by atoms with E-state index < -0.39 is 34.6 Å². The number of nitrogens with one attached hydrogen (secondary N) is 1. The van der Waals surface area contributed by atoms with E-state index in [2.05, 4.69) is 53.4 Å². The van der Waals surface area contributed by atoms with Crippen LogP contribution in [0.1, 0.15) is 126 Å². The lowest BCUT2D eigenvalue weighted by atomic mass is 10.1. The summed E-state index contributed by atoms with van der Waals surface area (Å²) in [5, 5.41) is 12.2. The number of fused-ring (bicyclic) bond motifs is 6. The molecule has 7 aromatic carbocycles. The van der Waals surface area contributed by atoms with E-state index in [0.29, 0.717) is 103 Å². The van der Waals surface area contributed by atoms with Gasteiger partial charge in [-0.3, -0.25) is 19.4 Å². The number of benzene rings is 7. The first kappa shape index (κ1) is 84.3. The second-order valence-corrected chi connectivity index (χ2v) is 31.6. The van der Waals surface area contributed by atoms with Crippen molar-refractivity contribution in [2.75, 3.05) is 141 Å². The molecule has 23 nitrogen and oxygen atoms in total. The van der Waals surface area contributed by atoms with Gasteiger partial charge < -0.3 is 67.7 Å². The molecule has 0 unspecified atom stereocenters. The number of carboxylic acids is 1. The van der Waals surface area contributed by atoms with Crippen LogP contribution in [0.3, 0.4) is 0 Å². The van der Waals surface area contributed by atoms with Gasteiger partial charge in [0.25, 0.3) is 11.8 Å². The topological polar surface area (TPSA) is 222 Å². The van der Waals surface area contributed by atoms with Crippen molar-refractivity contribution < 1.29 is 65.9 Å². The van der Waals surface area contributed by atoms with Crippen LogP contribution < -0.4 is 29.3 Å². The van der Waals surface area contributed by atoms with E-state index in [1.54, 1.807) is 43.9 Å². The van der Waals surface area contributed by atoms with Gasteiger partial charge in [0.2, 0.25) is 0 Å². The van der Waals surface area contributed by atoms with Crippen LogP contribution in [0.4, 0.5) is 34.1 Å². The number of rotatable bonds is 22. The molecule has 116 heavy (non-hydrogen) atoms. The molecule has 3 fully saturated rings. The Morgan fingerprint density at radius 3 is 1.14 bits per heavy atom.